The van der Waals surface area contributed by atoms with Gasteiger partial charge in [-0.15, -0.1) is 0 Å². The summed E-state index contributed by atoms with van der Waals surface area (Å²) in [4.78, 5) is 0.882. The molecule has 4 nitrogen and oxygen atoms in total. The number of aromatic nitrogens is 1. The summed E-state index contributed by atoms with van der Waals surface area (Å²) in [5, 5.41) is 13.4. The fourth-order valence-corrected chi connectivity index (χ4v) is 4.48. The summed E-state index contributed by atoms with van der Waals surface area (Å²) >= 11 is 1.20. The number of nitrogens with zero attached hydrogens (tertiary/aromatic N) is 2. The summed E-state index contributed by atoms with van der Waals surface area (Å²) in [6, 6.07) is 6.44. The van der Waals surface area contributed by atoms with Crippen LogP contribution in [0.1, 0.15) is 43.0 Å². The fourth-order valence-electron chi connectivity index (χ4n) is 3.68. The normalized spacial score (nSPS) is 15.0. The molecule has 31 heavy (non-hydrogen) atoms. The molecule has 1 aromatic heterocycles. The van der Waals surface area contributed by atoms with E-state index in [0.29, 0.717) is 29.8 Å². The lowest BCUT2D eigenvalue weighted by Crippen LogP contribution is -2.27. The zero-order valence-corrected chi connectivity index (χ0v) is 18.3. The first-order valence-electron chi connectivity index (χ1n) is 10.4. The van der Waals surface area contributed by atoms with Crippen molar-refractivity contribution in [1.29, 1.82) is 5.26 Å². The van der Waals surface area contributed by atoms with E-state index < -0.39 is 19.4 Å². The highest BCUT2D eigenvalue weighted by atomic mass is 32.2. The molecule has 1 fully saturated rings. The predicted octanol–water partition coefficient (Wildman–Crippen LogP) is 5.47. The van der Waals surface area contributed by atoms with Crippen LogP contribution in [-0.4, -0.2) is 31.0 Å². The van der Waals surface area contributed by atoms with Crippen molar-refractivity contribution in [1.82, 2.24) is 14.6 Å². The average Bonchev–Trinajstić information content (AvgIpc) is 3.02. The Kier molecular flexibility index (Phi) is 8.50. The van der Waals surface area contributed by atoms with Crippen LogP contribution in [0.4, 0.5) is 13.2 Å². The lowest BCUT2D eigenvalue weighted by atomic mass is 9.92. The number of rotatable bonds is 11. The molecular formula is C23H27F3N4S. The van der Waals surface area contributed by atoms with Gasteiger partial charge in [-0.2, -0.15) is 5.26 Å². The van der Waals surface area contributed by atoms with Crippen molar-refractivity contribution >= 4 is 22.9 Å². The minimum Gasteiger partial charge on any atom is -0.393 e. The van der Waals surface area contributed by atoms with Gasteiger partial charge in [0.15, 0.2) is 0 Å². The summed E-state index contributed by atoms with van der Waals surface area (Å²) < 4.78 is 44.2. The standard InChI is InChI=1S/C23H27F3N4S/c1-28-15-19(31-29-17(12-24)13-25)7-2-3-8-22-21(14-27)20-11-16(26)9-10-23(20)30(22)18-5-4-6-18/h2-3,9-11,15,17-18,28-29H,4-8,12-13H2,1H3/b3-2-,19-15+. The number of benzene rings is 1. The molecule has 1 heterocycles. The van der Waals surface area contributed by atoms with Crippen molar-refractivity contribution in [3.63, 3.8) is 0 Å². The van der Waals surface area contributed by atoms with E-state index in [1.54, 1.807) is 19.3 Å². The highest BCUT2D eigenvalue weighted by Crippen LogP contribution is 2.39. The van der Waals surface area contributed by atoms with Gasteiger partial charge < -0.3 is 9.88 Å². The van der Waals surface area contributed by atoms with E-state index in [2.05, 4.69) is 20.7 Å². The van der Waals surface area contributed by atoms with Crippen LogP contribution >= 0.6 is 11.9 Å². The van der Waals surface area contributed by atoms with Gasteiger partial charge in [-0.25, -0.2) is 13.2 Å². The van der Waals surface area contributed by atoms with Crippen molar-refractivity contribution in [3.8, 4) is 6.07 Å². The monoisotopic (exact) mass is 448 g/mol. The minimum absolute atomic E-state index is 0.344. The third-order valence-corrected chi connectivity index (χ3v) is 6.45. The first kappa shape index (κ1) is 23.3. The van der Waals surface area contributed by atoms with E-state index in [1.165, 1.54) is 24.1 Å². The van der Waals surface area contributed by atoms with Crippen LogP contribution in [-0.2, 0) is 6.42 Å². The summed E-state index contributed by atoms with van der Waals surface area (Å²) in [5.41, 5.74) is 2.34. The molecule has 2 aromatic rings. The van der Waals surface area contributed by atoms with Crippen LogP contribution in [0, 0.1) is 17.1 Å². The highest BCUT2D eigenvalue weighted by Gasteiger charge is 2.26. The molecule has 0 spiro atoms. The van der Waals surface area contributed by atoms with Crippen LogP contribution in [0.25, 0.3) is 10.9 Å². The Labute approximate surface area is 185 Å². The number of nitriles is 1. The summed E-state index contributed by atoms with van der Waals surface area (Å²) in [7, 11) is 1.77. The van der Waals surface area contributed by atoms with Crippen molar-refractivity contribution in [2.24, 2.45) is 0 Å². The molecule has 1 saturated carbocycles. The van der Waals surface area contributed by atoms with Gasteiger partial charge in [0, 0.05) is 41.7 Å². The zero-order valence-electron chi connectivity index (χ0n) is 17.5. The molecule has 2 N–H and O–H groups in total. The lowest BCUT2D eigenvalue weighted by molar-refractivity contribution is 0.316. The first-order chi connectivity index (χ1) is 15.1. The number of alkyl halides is 2. The Bertz CT molecular complexity index is 985. The molecule has 0 atom stereocenters. The number of nitrogens with one attached hydrogen (secondary N) is 2. The van der Waals surface area contributed by atoms with Crippen LogP contribution < -0.4 is 10.0 Å². The lowest BCUT2D eigenvalue weighted by Gasteiger charge is -2.30. The third kappa shape index (κ3) is 5.46. The Morgan fingerprint density at radius 1 is 1.32 bits per heavy atom. The molecule has 0 aliphatic heterocycles. The third-order valence-electron chi connectivity index (χ3n) is 5.45. The van der Waals surface area contributed by atoms with Crippen molar-refractivity contribution in [2.75, 3.05) is 20.4 Å². The summed E-state index contributed by atoms with van der Waals surface area (Å²) in [5.74, 6) is -0.344. The zero-order chi connectivity index (χ0) is 22.2. The average molecular weight is 449 g/mol. The van der Waals surface area contributed by atoms with Crippen molar-refractivity contribution < 1.29 is 13.2 Å². The molecule has 1 aliphatic carbocycles. The SMILES string of the molecule is CN/C=C(\C/C=C\Cc1c(C#N)c2cc(F)ccc2n1C1CCC1)SNC(CF)CF. The van der Waals surface area contributed by atoms with Gasteiger partial charge in [-0.3, -0.25) is 4.72 Å². The van der Waals surface area contributed by atoms with Gasteiger partial charge in [-0.05, 0) is 55.8 Å². The topological polar surface area (TPSA) is 52.8 Å². The molecule has 0 radical (unpaired) electrons. The van der Waals surface area contributed by atoms with E-state index >= 15 is 0 Å². The summed E-state index contributed by atoms with van der Waals surface area (Å²) in [6.07, 6.45) is 10.2. The molecule has 0 bridgehead atoms. The van der Waals surface area contributed by atoms with Gasteiger partial charge in [0.2, 0.25) is 0 Å². The van der Waals surface area contributed by atoms with Gasteiger partial charge in [-0.1, -0.05) is 12.2 Å². The molecule has 1 aliphatic rings. The van der Waals surface area contributed by atoms with E-state index in [4.69, 9.17) is 0 Å². The van der Waals surface area contributed by atoms with Crippen LogP contribution in [0.5, 0.6) is 0 Å². The molecule has 8 heteroatoms. The number of halogens is 3. The smallest absolute Gasteiger partial charge is 0.124 e. The quantitative estimate of drug-likeness (QED) is 0.353. The molecule has 0 amide bonds. The molecule has 1 aromatic carbocycles. The Balaban J connectivity index is 1.77. The first-order valence-corrected chi connectivity index (χ1v) is 11.2. The van der Waals surface area contributed by atoms with Gasteiger partial charge in [0.1, 0.15) is 25.2 Å². The second kappa shape index (κ2) is 11.3. The van der Waals surface area contributed by atoms with Crippen LogP contribution in [0.15, 0.2) is 41.5 Å². The predicted molar refractivity (Wildman–Crippen MR) is 121 cm³/mol. The van der Waals surface area contributed by atoms with Gasteiger partial charge in [0.05, 0.1) is 17.1 Å². The van der Waals surface area contributed by atoms with Crippen molar-refractivity contribution in [3.05, 3.63) is 58.5 Å². The number of allylic oxidation sites excluding steroid dienone is 3. The van der Waals surface area contributed by atoms with Crippen molar-refractivity contribution in [2.45, 2.75) is 44.2 Å². The number of fused-ring (bicyclic) bond motifs is 1. The second-order valence-electron chi connectivity index (χ2n) is 7.55. The Morgan fingerprint density at radius 3 is 2.71 bits per heavy atom. The maximum Gasteiger partial charge on any atom is 0.124 e. The fraction of sp³-hybridized carbons (Fsp3) is 0.435. The van der Waals surface area contributed by atoms with Crippen LogP contribution in [0.2, 0.25) is 0 Å². The minimum atomic E-state index is -0.828. The van der Waals surface area contributed by atoms with E-state index in [0.717, 1.165) is 35.4 Å². The van der Waals surface area contributed by atoms with Crippen LogP contribution in [0.3, 0.4) is 0 Å². The Morgan fingerprint density at radius 2 is 2.10 bits per heavy atom. The number of hydrogen-bond acceptors (Lipinski definition) is 4. The maximum atomic E-state index is 13.8. The van der Waals surface area contributed by atoms with E-state index in [-0.39, 0.29) is 5.82 Å². The number of hydrogen-bond donors (Lipinski definition) is 2. The summed E-state index contributed by atoms with van der Waals surface area (Å²) in [6.45, 7) is -1.54. The molecular weight excluding hydrogens is 421 g/mol. The van der Waals surface area contributed by atoms with E-state index in [1.807, 2.05) is 12.2 Å². The molecule has 3 rings (SSSR count). The second-order valence-corrected chi connectivity index (χ2v) is 8.52. The molecule has 0 saturated heterocycles. The van der Waals surface area contributed by atoms with E-state index in [9.17, 15) is 18.4 Å². The Hall–Kier alpha value is -2.37. The maximum absolute atomic E-state index is 13.8. The molecule has 166 valence electrons. The molecule has 0 unspecified atom stereocenters. The van der Waals surface area contributed by atoms with Gasteiger partial charge in [0.25, 0.3) is 0 Å². The largest absolute Gasteiger partial charge is 0.393 e. The highest BCUT2D eigenvalue weighted by molar-refractivity contribution is 8.01. The van der Waals surface area contributed by atoms with Gasteiger partial charge >= 0.3 is 0 Å².